The van der Waals surface area contributed by atoms with Crippen molar-refractivity contribution in [1.29, 1.82) is 0 Å². The van der Waals surface area contributed by atoms with E-state index in [0.717, 1.165) is 61.0 Å². The van der Waals surface area contributed by atoms with Crippen molar-refractivity contribution in [2.45, 2.75) is 76.0 Å². The zero-order chi connectivity index (χ0) is 24.0. The van der Waals surface area contributed by atoms with Crippen LogP contribution in [0.3, 0.4) is 0 Å². The molecule has 1 aromatic carbocycles. The first-order chi connectivity index (χ1) is 16.4. The van der Waals surface area contributed by atoms with Crippen LogP contribution in [0.15, 0.2) is 28.9 Å². The quantitative estimate of drug-likeness (QED) is 0.335. The highest BCUT2D eigenvalue weighted by atomic mass is 19.3. The second-order valence-corrected chi connectivity index (χ2v) is 9.65. The smallest absolute Gasteiger partial charge is 0.250 e. The number of nitrogens with zero attached hydrogens (tertiary/aromatic N) is 1. The summed E-state index contributed by atoms with van der Waals surface area (Å²) in [5.41, 5.74) is 2.57. The van der Waals surface area contributed by atoms with Crippen LogP contribution in [-0.2, 0) is 9.59 Å². The van der Waals surface area contributed by atoms with E-state index in [2.05, 4.69) is 15.5 Å². The van der Waals surface area contributed by atoms with Gasteiger partial charge >= 0.3 is 0 Å². The number of hydrogen-bond donors (Lipinski definition) is 2. The van der Waals surface area contributed by atoms with Crippen LogP contribution < -0.4 is 10.6 Å². The van der Waals surface area contributed by atoms with Gasteiger partial charge in [-0.2, -0.15) is 0 Å². The highest BCUT2D eigenvalue weighted by Crippen LogP contribution is 2.34. The molecule has 2 aromatic rings. The largest absolute Gasteiger partial charge is 0.464 e. The van der Waals surface area contributed by atoms with Gasteiger partial charge in [0.25, 0.3) is 5.92 Å². The van der Waals surface area contributed by atoms with E-state index in [1.807, 2.05) is 18.2 Å². The molecule has 0 spiro atoms. The summed E-state index contributed by atoms with van der Waals surface area (Å²) in [6.07, 6.45) is 9.32. The number of carbonyl (C=O) groups is 2. The molecule has 0 aliphatic carbocycles. The lowest BCUT2D eigenvalue weighted by Gasteiger charge is -2.31. The van der Waals surface area contributed by atoms with Crippen LogP contribution in [0.5, 0.6) is 0 Å². The molecule has 186 valence electrons. The third-order valence-corrected chi connectivity index (χ3v) is 7.04. The zero-order valence-corrected chi connectivity index (χ0v) is 19.7. The number of nitrogens with one attached hydrogen (secondary N) is 2. The second-order valence-electron chi connectivity index (χ2n) is 9.65. The Kier molecular flexibility index (Phi) is 8.19. The predicted molar refractivity (Wildman–Crippen MR) is 128 cm³/mol. The van der Waals surface area contributed by atoms with Gasteiger partial charge in [0, 0.05) is 55.5 Å². The van der Waals surface area contributed by atoms with Crippen molar-refractivity contribution in [3.63, 3.8) is 0 Å². The molecule has 1 aromatic heterocycles. The molecule has 2 amide bonds. The molecular formula is C26H35F2N3O3. The van der Waals surface area contributed by atoms with E-state index in [-0.39, 0.29) is 30.6 Å². The van der Waals surface area contributed by atoms with Crippen LogP contribution in [-0.4, -0.2) is 48.8 Å². The highest BCUT2D eigenvalue weighted by Gasteiger charge is 2.33. The zero-order valence-electron chi connectivity index (χ0n) is 19.7. The number of piperidine rings is 2. The van der Waals surface area contributed by atoms with E-state index < -0.39 is 5.92 Å². The number of halogens is 2. The molecule has 1 atom stereocenters. The molecule has 34 heavy (non-hydrogen) atoms. The fourth-order valence-corrected chi connectivity index (χ4v) is 4.92. The van der Waals surface area contributed by atoms with Crippen LogP contribution in [0.2, 0.25) is 0 Å². The minimum atomic E-state index is -2.45. The molecule has 0 radical (unpaired) electrons. The van der Waals surface area contributed by atoms with Crippen molar-refractivity contribution in [3.05, 3.63) is 30.0 Å². The van der Waals surface area contributed by atoms with Crippen molar-refractivity contribution in [2.75, 3.05) is 31.5 Å². The lowest BCUT2D eigenvalue weighted by Crippen LogP contribution is -2.39. The minimum absolute atomic E-state index is 0.00572. The highest BCUT2D eigenvalue weighted by molar-refractivity contribution is 6.02. The van der Waals surface area contributed by atoms with Crippen molar-refractivity contribution < 1.29 is 22.8 Å². The Balaban J connectivity index is 1.12. The van der Waals surface area contributed by atoms with E-state index in [0.29, 0.717) is 25.9 Å². The minimum Gasteiger partial charge on any atom is -0.464 e. The average Bonchev–Trinajstić information content (AvgIpc) is 3.22. The summed E-state index contributed by atoms with van der Waals surface area (Å²) in [5, 5.41) is 6.79. The van der Waals surface area contributed by atoms with Gasteiger partial charge in [-0.15, -0.1) is 0 Å². The molecule has 8 heteroatoms. The summed E-state index contributed by atoms with van der Waals surface area (Å²) in [7, 11) is 0. The van der Waals surface area contributed by atoms with E-state index >= 15 is 0 Å². The number of imide groups is 1. The fourth-order valence-electron chi connectivity index (χ4n) is 4.92. The number of amides is 2. The Morgan fingerprint density at radius 1 is 1.06 bits per heavy atom. The van der Waals surface area contributed by atoms with Gasteiger partial charge in [0.2, 0.25) is 11.8 Å². The molecule has 2 N–H and O–H groups in total. The van der Waals surface area contributed by atoms with Gasteiger partial charge in [-0.3, -0.25) is 14.9 Å². The molecule has 3 heterocycles. The monoisotopic (exact) mass is 475 g/mol. The molecule has 0 bridgehead atoms. The van der Waals surface area contributed by atoms with Crippen LogP contribution >= 0.6 is 0 Å². The maximum absolute atomic E-state index is 13.2. The summed E-state index contributed by atoms with van der Waals surface area (Å²) in [4.78, 5) is 25.9. The van der Waals surface area contributed by atoms with Gasteiger partial charge in [-0.25, -0.2) is 8.78 Å². The van der Waals surface area contributed by atoms with Crippen LogP contribution in [0.4, 0.5) is 14.5 Å². The molecule has 2 aliphatic rings. The average molecular weight is 476 g/mol. The number of furan rings is 1. The van der Waals surface area contributed by atoms with Gasteiger partial charge < -0.3 is 14.6 Å². The van der Waals surface area contributed by atoms with Crippen molar-refractivity contribution >= 4 is 28.5 Å². The fraction of sp³-hybridized carbons (Fsp3) is 0.615. The molecule has 0 saturated carbocycles. The molecule has 2 aliphatic heterocycles. The summed E-state index contributed by atoms with van der Waals surface area (Å²) in [6.45, 7) is 2.87. The number of alkyl halides is 2. The topological polar surface area (TPSA) is 74.6 Å². The first kappa shape index (κ1) is 24.6. The number of unbranched alkanes of at least 4 members (excludes halogenated alkanes) is 5. The number of fused-ring (bicyclic) bond motifs is 1. The SMILES string of the molecule is O=C1CCC(c2coc3ccc(NCCCCCCCCN4CCC(F)(F)CC4)cc23)C(=O)N1. The number of rotatable bonds is 11. The van der Waals surface area contributed by atoms with Crippen molar-refractivity contribution in [3.8, 4) is 0 Å². The van der Waals surface area contributed by atoms with Gasteiger partial charge in [0.15, 0.2) is 0 Å². The number of hydrogen-bond acceptors (Lipinski definition) is 5. The second kappa shape index (κ2) is 11.3. The van der Waals surface area contributed by atoms with Crippen LogP contribution in [0.1, 0.15) is 75.7 Å². The lowest BCUT2D eigenvalue weighted by molar-refractivity contribution is -0.134. The number of benzene rings is 1. The predicted octanol–water partition coefficient (Wildman–Crippen LogP) is 5.44. The number of likely N-dealkylation sites (tertiary alicyclic amines) is 1. The Morgan fingerprint density at radius 2 is 1.79 bits per heavy atom. The Bertz CT molecular complexity index is 981. The van der Waals surface area contributed by atoms with E-state index in [1.165, 1.54) is 12.8 Å². The Morgan fingerprint density at radius 3 is 2.56 bits per heavy atom. The van der Waals surface area contributed by atoms with Gasteiger partial charge in [0.05, 0.1) is 12.2 Å². The number of anilines is 1. The van der Waals surface area contributed by atoms with E-state index in [9.17, 15) is 18.4 Å². The normalized spacial score (nSPS) is 21.1. The first-order valence-corrected chi connectivity index (χ1v) is 12.6. The molecule has 2 fully saturated rings. The standard InChI is InChI=1S/C26H35F2N3O3/c27-26(28)11-15-31(16-12-26)14-6-4-2-1-3-5-13-29-19-7-9-23-21(17-19)22(18-34-23)20-8-10-24(32)30-25(20)33/h7,9,17-18,20,29H,1-6,8,10-16H2,(H,30,32,33). The third-order valence-electron chi connectivity index (χ3n) is 7.04. The van der Waals surface area contributed by atoms with E-state index in [4.69, 9.17) is 4.42 Å². The maximum Gasteiger partial charge on any atom is 0.250 e. The summed E-state index contributed by atoms with van der Waals surface area (Å²) < 4.78 is 32.0. The molecule has 6 nitrogen and oxygen atoms in total. The summed E-state index contributed by atoms with van der Waals surface area (Å²) in [5.74, 6) is -3.28. The van der Waals surface area contributed by atoms with Crippen molar-refractivity contribution in [1.82, 2.24) is 10.2 Å². The summed E-state index contributed by atoms with van der Waals surface area (Å²) in [6, 6.07) is 5.92. The molecule has 4 rings (SSSR count). The first-order valence-electron chi connectivity index (χ1n) is 12.6. The third kappa shape index (κ3) is 6.56. The van der Waals surface area contributed by atoms with Gasteiger partial charge in [-0.05, 0) is 44.0 Å². The summed E-state index contributed by atoms with van der Waals surface area (Å²) >= 11 is 0. The Labute approximate surface area is 199 Å². The van der Waals surface area contributed by atoms with Crippen molar-refractivity contribution in [2.24, 2.45) is 0 Å². The molecule has 1 unspecified atom stereocenters. The van der Waals surface area contributed by atoms with Gasteiger partial charge in [0.1, 0.15) is 5.58 Å². The van der Waals surface area contributed by atoms with Crippen LogP contribution in [0.25, 0.3) is 11.0 Å². The van der Waals surface area contributed by atoms with E-state index in [1.54, 1.807) is 6.26 Å². The Hall–Kier alpha value is -2.48. The maximum atomic E-state index is 13.2. The van der Waals surface area contributed by atoms with Gasteiger partial charge in [-0.1, -0.05) is 25.7 Å². The lowest BCUT2D eigenvalue weighted by atomic mass is 9.90. The van der Waals surface area contributed by atoms with Crippen LogP contribution in [0, 0.1) is 0 Å². The molecule has 2 saturated heterocycles. The molecular weight excluding hydrogens is 440 g/mol. The number of carbonyl (C=O) groups excluding carboxylic acids is 2.